The topological polar surface area (TPSA) is 45.1 Å². The third-order valence-electron chi connectivity index (χ3n) is 2.10. The summed E-state index contributed by atoms with van der Waals surface area (Å²) in [4.78, 5) is 4.21. The first kappa shape index (κ1) is 10.2. The van der Waals surface area contributed by atoms with E-state index < -0.39 is 0 Å². The van der Waals surface area contributed by atoms with Crippen LogP contribution in [-0.2, 0) is 0 Å². The van der Waals surface area contributed by atoms with E-state index in [0.717, 1.165) is 17.7 Å². The number of hydrogen-bond acceptors (Lipinski definition) is 3. The Balaban J connectivity index is 2.73. The Morgan fingerprint density at radius 2 is 2.31 bits per heavy atom. The molecule has 3 heteroatoms. The first-order valence-corrected chi connectivity index (χ1v) is 4.48. The van der Waals surface area contributed by atoms with Gasteiger partial charge in [0.1, 0.15) is 0 Å². The molecule has 1 rings (SSSR count). The van der Waals surface area contributed by atoms with E-state index in [4.69, 9.17) is 5.11 Å². The number of rotatable bonds is 4. The lowest BCUT2D eigenvalue weighted by Gasteiger charge is -2.14. The summed E-state index contributed by atoms with van der Waals surface area (Å²) < 4.78 is 0. The van der Waals surface area contributed by atoms with Crippen molar-refractivity contribution in [1.29, 1.82) is 0 Å². The molecule has 0 aromatic carbocycles. The molecule has 1 aromatic heterocycles. The summed E-state index contributed by atoms with van der Waals surface area (Å²) in [5, 5.41) is 12.0. The molecule has 0 aliphatic heterocycles. The first-order chi connectivity index (χ1) is 6.27. The van der Waals surface area contributed by atoms with E-state index in [2.05, 4.69) is 10.3 Å². The molecule has 2 N–H and O–H groups in total. The molecular formula is C10H16N2O. The van der Waals surface area contributed by atoms with E-state index in [-0.39, 0.29) is 12.6 Å². The predicted molar refractivity (Wildman–Crippen MR) is 52.5 cm³/mol. The summed E-state index contributed by atoms with van der Waals surface area (Å²) in [5.74, 6) is 0. The van der Waals surface area contributed by atoms with Gasteiger partial charge < -0.3 is 10.4 Å². The van der Waals surface area contributed by atoms with Gasteiger partial charge in [-0.3, -0.25) is 4.98 Å². The Labute approximate surface area is 78.8 Å². The quantitative estimate of drug-likeness (QED) is 0.727. The van der Waals surface area contributed by atoms with Crippen LogP contribution in [0.1, 0.15) is 23.7 Å². The lowest BCUT2D eigenvalue weighted by Crippen LogP contribution is -2.17. The maximum atomic E-state index is 8.82. The molecule has 0 fully saturated rings. The fourth-order valence-electron chi connectivity index (χ4n) is 1.29. The van der Waals surface area contributed by atoms with Crippen molar-refractivity contribution in [3.05, 3.63) is 29.6 Å². The van der Waals surface area contributed by atoms with Crippen LogP contribution in [-0.4, -0.2) is 23.7 Å². The zero-order valence-electron chi connectivity index (χ0n) is 8.12. The first-order valence-electron chi connectivity index (χ1n) is 4.48. The van der Waals surface area contributed by atoms with E-state index >= 15 is 0 Å². The van der Waals surface area contributed by atoms with Crippen molar-refractivity contribution in [2.45, 2.75) is 19.4 Å². The Morgan fingerprint density at radius 1 is 1.54 bits per heavy atom. The molecule has 1 heterocycles. The molecule has 72 valence electrons. The van der Waals surface area contributed by atoms with E-state index in [1.165, 1.54) is 0 Å². The number of aliphatic hydroxyl groups is 1. The summed E-state index contributed by atoms with van der Waals surface area (Å²) >= 11 is 0. The van der Waals surface area contributed by atoms with E-state index in [1.54, 1.807) is 0 Å². The maximum Gasteiger partial charge on any atom is 0.0449 e. The largest absolute Gasteiger partial charge is 0.396 e. The highest BCUT2D eigenvalue weighted by molar-refractivity contribution is 5.16. The zero-order chi connectivity index (χ0) is 9.68. The van der Waals surface area contributed by atoms with E-state index in [0.29, 0.717) is 0 Å². The number of nitrogens with one attached hydrogen (secondary N) is 1. The van der Waals surface area contributed by atoms with Gasteiger partial charge in [-0.1, -0.05) is 6.07 Å². The van der Waals surface area contributed by atoms with Gasteiger partial charge in [0.15, 0.2) is 0 Å². The molecule has 0 spiro atoms. The van der Waals surface area contributed by atoms with Gasteiger partial charge in [0.2, 0.25) is 0 Å². The fourth-order valence-corrected chi connectivity index (χ4v) is 1.29. The monoisotopic (exact) mass is 180 g/mol. The van der Waals surface area contributed by atoms with Crippen LogP contribution in [0.4, 0.5) is 0 Å². The molecule has 0 saturated heterocycles. The van der Waals surface area contributed by atoms with Crippen LogP contribution >= 0.6 is 0 Å². The average Bonchev–Trinajstić information content (AvgIpc) is 2.16. The second kappa shape index (κ2) is 4.94. The Bertz CT molecular complexity index is 246. The van der Waals surface area contributed by atoms with Crippen molar-refractivity contribution < 1.29 is 5.11 Å². The van der Waals surface area contributed by atoms with Crippen molar-refractivity contribution in [2.75, 3.05) is 13.7 Å². The van der Waals surface area contributed by atoms with Gasteiger partial charge in [0.05, 0.1) is 0 Å². The molecule has 0 radical (unpaired) electrons. The molecule has 0 amide bonds. The smallest absolute Gasteiger partial charge is 0.0449 e. The van der Waals surface area contributed by atoms with E-state index in [1.807, 2.05) is 32.3 Å². The van der Waals surface area contributed by atoms with Crippen LogP contribution in [0.3, 0.4) is 0 Å². The van der Waals surface area contributed by atoms with Crippen molar-refractivity contribution >= 4 is 0 Å². The van der Waals surface area contributed by atoms with Crippen LogP contribution < -0.4 is 5.32 Å². The third-order valence-corrected chi connectivity index (χ3v) is 2.10. The predicted octanol–water partition coefficient (Wildman–Crippen LogP) is 1.03. The van der Waals surface area contributed by atoms with Gasteiger partial charge in [-0.2, -0.15) is 0 Å². The Morgan fingerprint density at radius 3 is 2.77 bits per heavy atom. The molecule has 1 atom stereocenters. The molecule has 1 aromatic rings. The summed E-state index contributed by atoms with van der Waals surface area (Å²) in [5.41, 5.74) is 2.14. The van der Waals surface area contributed by atoms with Crippen molar-refractivity contribution in [1.82, 2.24) is 10.3 Å². The van der Waals surface area contributed by atoms with Gasteiger partial charge in [-0.25, -0.2) is 0 Å². The molecule has 13 heavy (non-hydrogen) atoms. The molecule has 0 saturated carbocycles. The highest BCUT2D eigenvalue weighted by Gasteiger charge is 2.07. The minimum absolute atomic E-state index is 0.194. The van der Waals surface area contributed by atoms with Gasteiger partial charge in [0.25, 0.3) is 0 Å². The van der Waals surface area contributed by atoms with Crippen LogP contribution in [0.2, 0.25) is 0 Å². The highest BCUT2D eigenvalue weighted by atomic mass is 16.3. The summed E-state index contributed by atoms with van der Waals surface area (Å²) in [7, 11) is 1.89. The van der Waals surface area contributed by atoms with Gasteiger partial charge in [0, 0.05) is 24.5 Å². The van der Waals surface area contributed by atoms with Gasteiger partial charge in [-0.05, 0) is 32.0 Å². The highest BCUT2D eigenvalue weighted by Crippen LogP contribution is 2.14. The number of aryl methyl sites for hydroxylation is 1. The summed E-state index contributed by atoms with van der Waals surface area (Å²) in [6.45, 7) is 2.16. The molecule has 1 unspecified atom stereocenters. The minimum atomic E-state index is 0.194. The maximum absolute atomic E-state index is 8.82. The SMILES string of the molecule is CNC(CCO)c1ccc(C)nc1. The van der Waals surface area contributed by atoms with Crippen molar-refractivity contribution in [3.63, 3.8) is 0 Å². The van der Waals surface area contributed by atoms with Gasteiger partial charge in [-0.15, -0.1) is 0 Å². The molecule has 0 bridgehead atoms. The Hall–Kier alpha value is -0.930. The molecule has 0 aliphatic carbocycles. The number of hydrogen-bond donors (Lipinski definition) is 2. The lowest BCUT2D eigenvalue weighted by atomic mass is 10.1. The van der Waals surface area contributed by atoms with Gasteiger partial charge >= 0.3 is 0 Å². The summed E-state index contributed by atoms with van der Waals surface area (Å²) in [6.07, 6.45) is 2.58. The fraction of sp³-hybridized carbons (Fsp3) is 0.500. The number of aromatic nitrogens is 1. The van der Waals surface area contributed by atoms with Crippen LogP contribution in [0.15, 0.2) is 18.3 Å². The van der Waals surface area contributed by atoms with Crippen molar-refractivity contribution in [2.24, 2.45) is 0 Å². The average molecular weight is 180 g/mol. The molecule has 3 nitrogen and oxygen atoms in total. The minimum Gasteiger partial charge on any atom is -0.396 e. The number of pyridine rings is 1. The Kier molecular flexibility index (Phi) is 3.86. The lowest BCUT2D eigenvalue weighted by molar-refractivity contribution is 0.268. The third kappa shape index (κ3) is 2.79. The molecule has 0 aliphatic rings. The zero-order valence-corrected chi connectivity index (χ0v) is 8.12. The molecular weight excluding hydrogens is 164 g/mol. The standard InChI is InChI=1S/C10H16N2O/c1-8-3-4-9(7-12-8)10(11-2)5-6-13/h3-4,7,10-11,13H,5-6H2,1-2H3. The van der Waals surface area contributed by atoms with Crippen LogP contribution in [0.5, 0.6) is 0 Å². The normalized spacial score (nSPS) is 12.8. The van der Waals surface area contributed by atoms with E-state index in [9.17, 15) is 0 Å². The number of aliphatic hydroxyl groups excluding tert-OH is 1. The van der Waals surface area contributed by atoms with Crippen molar-refractivity contribution in [3.8, 4) is 0 Å². The number of nitrogens with zero attached hydrogens (tertiary/aromatic N) is 1. The van der Waals surface area contributed by atoms with Crippen LogP contribution in [0, 0.1) is 6.92 Å². The second-order valence-electron chi connectivity index (χ2n) is 3.09. The summed E-state index contributed by atoms with van der Waals surface area (Å²) in [6, 6.07) is 4.23. The van der Waals surface area contributed by atoms with Crippen LogP contribution in [0.25, 0.3) is 0 Å². The second-order valence-corrected chi connectivity index (χ2v) is 3.09.